The van der Waals surface area contributed by atoms with Gasteiger partial charge in [0.2, 0.25) is 5.91 Å². The van der Waals surface area contributed by atoms with Crippen LogP contribution in [0, 0.1) is 0 Å². The summed E-state index contributed by atoms with van der Waals surface area (Å²) in [6, 6.07) is 0.493. The summed E-state index contributed by atoms with van der Waals surface area (Å²) in [7, 11) is 0. The van der Waals surface area contributed by atoms with Crippen LogP contribution < -0.4 is 5.73 Å². The molecule has 1 aliphatic heterocycles. The average molecular weight is 128 g/mol. The Hall–Kier alpha value is -0.570. The molecule has 1 aliphatic rings. The summed E-state index contributed by atoms with van der Waals surface area (Å²) in [5.41, 5.74) is 5.05. The van der Waals surface area contributed by atoms with Crippen LogP contribution in [0.2, 0.25) is 0 Å². The Balaban J connectivity index is 2.33. The van der Waals surface area contributed by atoms with Gasteiger partial charge in [0.1, 0.15) is 6.04 Å². The van der Waals surface area contributed by atoms with E-state index < -0.39 is 0 Å². The highest BCUT2D eigenvalue weighted by Crippen LogP contribution is 2.19. The molecule has 3 nitrogen and oxygen atoms in total. The molecule has 1 amide bonds. The lowest BCUT2D eigenvalue weighted by Gasteiger charge is -2.03. The minimum Gasteiger partial charge on any atom is -0.368 e. The quantitative estimate of drug-likeness (QED) is 0.513. The van der Waals surface area contributed by atoms with Crippen molar-refractivity contribution in [3.63, 3.8) is 0 Å². The third kappa shape index (κ3) is 1.21. The fraction of sp³-hybridized carbons (Fsp3) is 0.833. The SMILES string of the molecule is CC(C)N1CC1C(N)=O. The summed E-state index contributed by atoms with van der Waals surface area (Å²) in [5, 5.41) is 0. The van der Waals surface area contributed by atoms with Crippen LogP contribution in [0.4, 0.5) is 0 Å². The Morgan fingerprint density at radius 1 is 1.78 bits per heavy atom. The highest BCUT2D eigenvalue weighted by molar-refractivity contribution is 5.82. The maximum atomic E-state index is 10.5. The zero-order chi connectivity index (χ0) is 7.02. The van der Waals surface area contributed by atoms with Gasteiger partial charge in [-0.05, 0) is 13.8 Å². The first kappa shape index (κ1) is 6.55. The number of primary amides is 1. The van der Waals surface area contributed by atoms with E-state index in [0.717, 1.165) is 6.54 Å². The van der Waals surface area contributed by atoms with Crippen molar-refractivity contribution in [1.82, 2.24) is 4.90 Å². The Bertz CT molecular complexity index is 133. The maximum absolute atomic E-state index is 10.5. The molecule has 0 bridgehead atoms. The molecule has 52 valence electrons. The van der Waals surface area contributed by atoms with Crippen molar-refractivity contribution < 1.29 is 4.79 Å². The smallest absolute Gasteiger partial charge is 0.236 e. The van der Waals surface area contributed by atoms with Gasteiger partial charge in [0, 0.05) is 12.6 Å². The van der Waals surface area contributed by atoms with E-state index in [-0.39, 0.29) is 11.9 Å². The first-order chi connectivity index (χ1) is 4.13. The van der Waals surface area contributed by atoms with Crippen LogP contribution in [0.1, 0.15) is 13.8 Å². The van der Waals surface area contributed by atoms with Crippen molar-refractivity contribution in [2.75, 3.05) is 6.54 Å². The van der Waals surface area contributed by atoms with Gasteiger partial charge in [0.15, 0.2) is 0 Å². The third-order valence-electron chi connectivity index (χ3n) is 1.64. The van der Waals surface area contributed by atoms with E-state index >= 15 is 0 Å². The summed E-state index contributed by atoms with van der Waals surface area (Å²) in [6.45, 7) is 4.97. The molecule has 1 fully saturated rings. The van der Waals surface area contributed by atoms with E-state index in [4.69, 9.17) is 5.73 Å². The summed E-state index contributed by atoms with van der Waals surface area (Å²) in [6.07, 6.45) is 0. The molecule has 1 heterocycles. The number of carbonyl (C=O) groups is 1. The highest BCUT2D eigenvalue weighted by atomic mass is 16.1. The normalized spacial score (nSPS) is 32.8. The topological polar surface area (TPSA) is 46.1 Å². The predicted octanol–water partition coefficient (Wildman–Crippen LogP) is -0.436. The molecule has 2 unspecified atom stereocenters. The molecule has 9 heavy (non-hydrogen) atoms. The van der Waals surface area contributed by atoms with Gasteiger partial charge in [-0.2, -0.15) is 0 Å². The third-order valence-corrected chi connectivity index (χ3v) is 1.64. The molecule has 1 rings (SSSR count). The summed E-state index contributed by atoms with van der Waals surface area (Å²) in [5.74, 6) is -0.191. The van der Waals surface area contributed by atoms with Crippen LogP contribution in [-0.2, 0) is 4.79 Å². The summed E-state index contributed by atoms with van der Waals surface area (Å²) < 4.78 is 0. The largest absolute Gasteiger partial charge is 0.368 e. The van der Waals surface area contributed by atoms with Crippen LogP contribution in [0.3, 0.4) is 0 Å². The number of hydrogen-bond donors (Lipinski definition) is 1. The fourth-order valence-corrected chi connectivity index (χ4v) is 0.977. The lowest BCUT2D eigenvalue weighted by atomic mass is 10.4. The molecule has 0 radical (unpaired) electrons. The van der Waals surface area contributed by atoms with Gasteiger partial charge in [0.25, 0.3) is 0 Å². The monoisotopic (exact) mass is 128 g/mol. The number of nitrogens with two attached hydrogens (primary N) is 1. The van der Waals surface area contributed by atoms with Crippen molar-refractivity contribution in [1.29, 1.82) is 0 Å². The molecule has 2 atom stereocenters. The number of nitrogens with zero attached hydrogens (tertiary/aromatic N) is 1. The zero-order valence-electron chi connectivity index (χ0n) is 5.79. The predicted molar refractivity (Wildman–Crippen MR) is 34.8 cm³/mol. The van der Waals surface area contributed by atoms with Gasteiger partial charge in [-0.3, -0.25) is 9.69 Å². The number of amides is 1. The lowest BCUT2D eigenvalue weighted by molar-refractivity contribution is -0.118. The maximum Gasteiger partial charge on any atom is 0.236 e. The molecule has 0 aromatic rings. The Kier molecular flexibility index (Phi) is 1.45. The van der Waals surface area contributed by atoms with Crippen molar-refractivity contribution in [3.05, 3.63) is 0 Å². The summed E-state index contributed by atoms with van der Waals surface area (Å²) >= 11 is 0. The van der Waals surface area contributed by atoms with Crippen LogP contribution in [-0.4, -0.2) is 29.4 Å². The van der Waals surface area contributed by atoms with Gasteiger partial charge in [0.05, 0.1) is 0 Å². The van der Waals surface area contributed by atoms with Crippen molar-refractivity contribution in [3.8, 4) is 0 Å². The second kappa shape index (κ2) is 1.99. The second-order valence-corrected chi connectivity index (χ2v) is 2.71. The van der Waals surface area contributed by atoms with E-state index in [1.54, 1.807) is 0 Å². The second-order valence-electron chi connectivity index (χ2n) is 2.71. The number of hydrogen-bond acceptors (Lipinski definition) is 2. The molecule has 3 heteroatoms. The molecule has 0 saturated carbocycles. The number of carbonyl (C=O) groups excluding carboxylic acids is 1. The minimum atomic E-state index is -0.191. The van der Waals surface area contributed by atoms with E-state index in [1.807, 2.05) is 0 Å². The molecular weight excluding hydrogens is 116 g/mol. The van der Waals surface area contributed by atoms with E-state index in [1.165, 1.54) is 0 Å². The highest BCUT2D eigenvalue weighted by Gasteiger charge is 2.40. The Morgan fingerprint density at radius 3 is 2.44 bits per heavy atom. The van der Waals surface area contributed by atoms with Gasteiger partial charge < -0.3 is 5.73 Å². The molecule has 2 N–H and O–H groups in total. The molecular formula is C6H12N2O. The van der Waals surface area contributed by atoms with Crippen LogP contribution in [0.15, 0.2) is 0 Å². The van der Waals surface area contributed by atoms with Crippen LogP contribution in [0.5, 0.6) is 0 Å². The van der Waals surface area contributed by atoms with Gasteiger partial charge >= 0.3 is 0 Å². The first-order valence-electron chi connectivity index (χ1n) is 3.18. The lowest BCUT2D eigenvalue weighted by Crippen LogP contribution is -2.24. The van der Waals surface area contributed by atoms with Crippen molar-refractivity contribution in [2.24, 2.45) is 5.73 Å². The zero-order valence-corrected chi connectivity index (χ0v) is 5.79. The Morgan fingerprint density at radius 2 is 2.33 bits per heavy atom. The first-order valence-corrected chi connectivity index (χ1v) is 3.18. The van der Waals surface area contributed by atoms with E-state index in [2.05, 4.69) is 18.7 Å². The Labute approximate surface area is 54.8 Å². The minimum absolute atomic E-state index is 0.0324. The van der Waals surface area contributed by atoms with Crippen LogP contribution in [0.25, 0.3) is 0 Å². The van der Waals surface area contributed by atoms with Gasteiger partial charge in [-0.15, -0.1) is 0 Å². The standard InChI is InChI=1S/C6H12N2O/c1-4(2)8-3-5(8)6(7)9/h4-5H,3H2,1-2H3,(H2,7,9). The molecule has 0 aromatic carbocycles. The molecule has 0 spiro atoms. The van der Waals surface area contributed by atoms with E-state index in [9.17, 15) is 4.79 Å². The molecule has 1 saturated heterocycles. The van der Waals surface area contributed by atoms with Crippen LogP contribution >= 0.6 is 0 Å². The fourth-order valence-electron chi connectivity index (χ4n) is 0.977. The number of rotatable bonds is 2. The summed E-state index contributed by atoms with van der Waals surface area (Å²) in [4.78, 5) is 12.5. The van der Waals surface area contributed by atoms with Crippen molar-refractivity contribution in [2.45, 2.75) is 25.9 Å². The average Bonchev–Trinajstić information content (AvgIpc) is 2.39. The van der Waals surface area contributed by atoms with Gasteiger partial charge in [-0.25, -0.2) is 0 Å². The van der Waals surface area contributed by atoms with Crippen molar-refractivity contribution >= 4 is 5.91 Å². The molecule has 0 aliphatic carbocycles. The molecule has 0 aromatic heterocycles. The van der Waals surface area contributed by atoms with E-state index in [0.29, 0.717) is 6.04 Å². The van der Waals surface area contributed by atoms with Gasteiger partial charge in [-0.1, -0.05) is 0 Å².